The molecule has 110 valence electrons. The number of amides is 1. The maximum Gasteiger partial charge on any atom is 0.339 e. The molecule has 6 heteroatoms. The van der Waals surface area contributed by atoms with Crippen LogP contribution in [0.5, 0.6) is 5.75 Å². The monoisotopic (exact) mass is 299 g/mol. The molecule has 0 spiro atoms. The van der Waals surface area contributed by atoms with Crippen LogP contribution in [0.4, 0.5) is 0 Å². The minimum atomic E-state index is -1.15. The lowest BCUT2D eigenvalue weighted by Crippen LogP contribution is -2.37. The average Bonchev–Trinajstić information content (AvgIpc) is 2.40. The van der Waals surface area contributed by atoms with E-state index in [1.165, 1.54) is 18.2 Å². The molecular formula is C14H18ClNO4. The van der Waals surface area contributed by atoms with Crippen LogP contribution in [0.2, 0.25) is 5.02 Å². The summed E-state index contributed by atoms with van der Waals surface area (Å²) < 4.78 is 5.40. The molecule has 0 aliphatic rings. The maximum atomic E-state index is 11.8. The first-order chi connectivity index (χ1) is 9.45. The fourth-order valence-corrected chi connectivity index (χ4v) is 1.72. The molecule has 0 aliphatic heterocycles. The first-order valence-electron chi connectivity index (χ1n) is 6.43. The van der Waals surface area contributed by atoms with Gasteiger partial charge in [0.05, 0.1) is 0 Å². The summed E-state index contributed by atoms with van der Waals surface area (Å²) in [5.41, 5.74) is -0.0642. The predicted octanol–water partition coefficient (Wildman–Crippen LogP) is 2.72. The van der Waals surface area contributed by atoms with Gasteiger partial charge in [0.2, 0.25) is 0 Å². The molecule has 1 aromatic carbocycles. The molecule has 0 saturated carbocycles. The summed E-state index contributed by atoms with van der Waals surface area (Å²) >= 11 is 5.75. The van der Waals surface area contributed by atoms with Crippen molar-refractivity contribution in [3.63, 3.8) is 0 Å². The smallest absolute Gasteiger partial charge is 0.339 e. The number of aromatic carboxylic acids is 1. The van der Waals surface area contributed by atoms with Crippen molar-refractivity contribution in [3.05, 3.63) is 28.8 Å². The fourth-order valence-electron chi connectivity index (χ4n) is 1.55. The van der Waals surface area contributed by atoms with Gasteiger partial charge in [-0.15, -0.1) is 0 Å². The van der Waals surface area contributed by atoms with Gasteiger partial charge in [-0.3, -0.25) is 4.79 Å². The van der Waals surface area contributed by atoms with Crippen molar-refractivity contribution in [2.75, 3.05) is 6.54 Å². The Morgan fingerprint density at radius 3 is 2.75 bits per heavy atom. The van der Waals surface area contributed by atoms with Crippen LogP contribution in [0.25, 0.3) is 0 Å². The second kappa shape index (κ2) is 7.75. The summed E-state index contributed by atoms with van der Waals surface area (Å²) in [6, 6.07) is 4.26. The number of carboxylic acids is 1. The third-order valence-electron chi connectivity index (χ3n) is 2.67. The summed E-state index contributed by atoms with van der Waals surface area (Å²) in [6.45, 7) is 4.18. The summed E-state index contributed by atoms with van der Waals surface area (Å²) in [6.07, 6.45) is 1.10. The van der Waals surface area contributed by atoms with Crippen LogP contribution >= 0.6 is 11.6 Å². The highest BCUT2D eigenvalue weighted by atomic mass is 35.5. The van der Waals surface area contributed by atoms with Crippen molar-refractivity contribution in [1.82, 2.24) is 5.32 Å². The number of rotatable bonds is 7. The van der Waals surface area contributed by atoms with Crippen molar-refractivity contribution < 1.29 is 19.4 Å². The molecule has 20 heavy (non-hydrogen) atoms. The summed E-state index contributed by atoms with van der Waals surface area (Å²) in [5.74, 6) is -1.30. The van der Waals surface area contributed by atoms with Gasteiger partial charge in [-0.25, -0.2) is 4.79 Å². The number of nitrogens with one attached hydrogen (secondary N) is 1. The van der Waals surface area contributed by atoms with E-state index >= 15 is 0 Å². The molecule has 1 aromatic rings. The highest BCUT2D eigenvalue weighted by Gasteiger charge is 2.18. The van der Waals surface area contributed by atoms with Crippen molar-refractivity contribution in [2.24, 2.45) is 0 Å². The van der Waals surface area contributed by atoms with Crippen molar-refractivity contribution in [2.45, 2.75) is 32.8 Å². The predicted molar refractivity (Wildman–Crippen MR) is 76.4 cm³/mol. The van der Waals surface area contributed by atoms with E-state index in [1.54, 1.807) is 6.92 Å². The molecule has 0 bridgehead atoms. The summed E-state index contributed by atoms with van der Waals surface area (Å²) in [4.78, 5) is 22.9. The van der Waals surface area contributed by atoms with Gasteiger partial charge < -0.3 is 15.2 Å². The van der Waals surface area contributed by atoms with Gasteiger partial charge in [0.15, 0.2) is 6.10 Å². The fraction of sp³-hybridized carbons (Fsp3) is 0.429. The molecule has 5 nitrogen and oxygen atoms in total. The Morgan fingerprint density at radius 1 is 1.45 bits per heavy atom. The SMILES string of the molecule is CCCCNC(=O)C(C)Oc1ccc(Cl)cc1C(=O)O. The molecule has 0 saturated heterocycles. The van der Waals surface area contributed by atoms with Crippen molar-refractivity contribution in [1.29, 1.82) is 0 Å². The van der Waals surface area contributed by atoms with Gasteiger partial charge in [-0.05, 0) is 31.5 Å². The number of benzene rings is 1. The number of carbonyl (C=O) groups excluding carboxylic acids is 1. The van der Waals surface area contributed by atoms with E-state index in [4.69, 9.17) is 21.4 Å². The van der Waals surface area contributed by atoms with Gasteiger partial charge in [0.25, 0.3) is 5.91 Å². The first-order valence-corrected chi connectivity index (χ1v) is 6.80. The number of hydrogen-bond donors (Lipinski definition) is 2. The molecule has 0 aromatic heterocycles. The van der Waals surface area contributed by atoms with E-state index in [-0.39, 0.29) is 17.2 Å². The Morgan fingerprint density at radius 2 is 2.15 bits per heavy atom. The topological polar surface area (TPSA) is 75.6 Å². The zero-order chi connectivity index (χ0) is 15.1. The largest absolute Gasteiger partial charge is 0.480 e. The van der Waals surface area contributed by atoms with Crippen molar-refractivity contribution in [3.8, 4) is 5.75 Å². The van der Waals surface area contributed by atoms with Gasteiger partial charge in [0, 0.05) is 11.6 Å². The molecule has 1 unspecified atom stereocenters. The second-order valence-electron chi connectivity index (χ2n) is 4.35. The standard InChI is InChI=1S/C14H18ClNO4/c1-3-4-7-16-13(17)9(2)20-12-6-5-10(15)8-11(12)14(18)19/h5-6,8-9H,3-4,7H2,1-2H3,(H,16,17)(H,18,19). The van der Waals surface area contributed by atoms with Gasteiger partial charge in [0.1, 0.15) is 11.3 Å². The van der Waals surface area contributed by atoms with E-state index in [9.17, 15) is 9.59 Å². The number of carboxylic acid groups (broad SMARTS) is 1. The van der Waals surface area contributed by atoms with Crippen LogP contribution < -0.4 is 10.1 Å². The van der Waals surface area contributed by atoms with Crippen LogP contribution in [0.15, 0.2) is 18.2 Å². The Bertz CT molecular complexity index is 490. The van der Waals surface area contributed by atoms with E-state index in [0.717, 1.165) is 12.8 Å². The van der Waals surface area contributed by atoms with E-state index in [1.807, 2.05) is 6.92 Å². The number of carbonyl (C=O) groups is 2. The lowest BCUT2D eigenvalue weighted by atomic mass is 10.2. The number of hydrogen-bond acceptors (Lipinski definition) is 3. The molecule has 0 heterocycles. The van der Waals surface area contributed by atoms with Crippen LogP contribution in [0, 0.1) is 0 Å². The average molecular weight is 300 g/mol. The zero-order valence-corrected chi connectivity index (χ0v) is 12.2. The molecule has 1 rings (SSSR count). The Hall–Kier alpha value is -1.75. The minimum absolute atomic E-state index is 0.0642. The Labute approximate surface area is 122 Å². The Balaban J connectivity index is 2.72. The third kappa shape index (κ3) is 4.74. The summed E-state index contributed by atoms with van der Waals surface area (Å²) in [7, 11) is 0. The molecule has 1 amide bonds. The normalized spacial score (nSPS) is 11.8. The van der Waals surface area contributed by atoms with Gasteiger partial charge >= 0.3 is 5.97 Å². The van der Waals surface area contributed by atoms with Crippen LogP contribution in [-0.2, 0) is 4.79 Å². The van der Waals surface area contributed by atoms with Gasteiger partial charge in [-0.1, -0.05) is 24.9 Å². The first kappa shape index (κ1) is 16.3. The van der Waals surface area contributed by atoms with Crippen LogP contribution in [0.1, 0.15) is 37.0 Å². The molecule has 1 atom stereocenters. The third-order valence-corrected chi connectivity index (χ3v) is 2.91. The second-order valence-corrected chi connectivity index (χ2v) is 4.79. The minimum Gasteiger partial charge on any atom is -0.480 e. The maximum absolute atomic E-state index is 11.8. The lowest BCUT2D eigenvalue weighted by Gasteiger charge is -2.16. The number of unbranched alkanes of at least 4 members (excludes halogenated alkanes) is 1. The highest BCUT2D eigenvalue weighted by Crippen LogP contribution is 2.23. The van der Waals surface area contributed by atoms with E-state index < -0.39 is 12.1 Å². The zero-order valence-electron chi connectivity index (χ0n) is 11.5. The summed E-state index contributed by atoms with van der Waals surface area (Å²) in [5, 5.41) is 12.1. The molecular weight excluding hydrogens is 282 g/mol. The van der Waals surface area contributed by atoms with Crippen LogP contribution in [-0.4, -0.2) is 29.6 Å². The lowest BCUT2D eigenvalue weighted by molar-refractivity contribution is -0.127. The Kier molecular flexibility index (Phi) is 6.31. The van der Waals surface area contributed by atoms with E-state index in [2.05, 4.69) is 5.32 Å². The molecule has 0 radical (unpaired) electrons. The number of halogens is 1. The number of ether oxygens (including phenoxy) is 1. The van der Waals surface area contributed by atoms with E-state index in [0.29, 0.717) is 11.6 Å². The molecule has 0 aliphatic carbocycles. The highest BCUT2D eigenvalue weighted by molar-refractivity contribution is 6.31. The van der Waals surface area contributed by atoms with Gasteiger partial charge in [-0.2, -0.15) is 0 Å². The molecule has 0 fully saturated rings. The van der Waals surface area contributed by atoms with Crippen molar-refractivity contribution >= 4 is 23.5 Å². The quantitative estimate of drug-likeness (QED) is 0.759. The van der Waals surface area contributed by atoms with Crippen LogP contribution in [0.3, 0.4) is 0 Å². The molecule has 2 N–H and O–H groups in total.